The summed E-state index contributed by atoms with van der Waals surface area (Å²) in [6.07, 6.45) is 7.08. The fraction of sp³-hybridized carbons (Fsp3) is 0.593. The van der Waals surface area contributed by atoms with Crippen molar-refractivity contribution in [2.45, 2.75) is 50.0 Å². The Balaban J connectivity index is 1.22. The number of carbonyl (C=O) groups excluding carboxylic acids is 1. The molecule has 1 saturated heterocycles. The maximum Gasteiger partial charge on any atom is 0.226 e. The van der Waals surface area contributed by atoms with Gasteiger partial charge in [0.15, 0.2) is 0 Å². The van der Waals surface area contributed by atoms with Crippen molar-refractivity contribution in [1.29, 1.82) is 0 Å². The summed E-state index contributed by atoms with van der Waals surface area (Å²) in [7, 11) is 0. The minimum Gasteiger partial charge on any atom is -0.379 e. The van der Waals surface area contributed by atoms with Gasteiger partial charge < -0.3 is 10.1 Å². The molecular weight excluding hydrogens is 416 g/mol. The molecule has 4 saturated carbocycles. The summed E-state index contributed by atoms with van der Waals surface area (Å²) in [5.74, 6) is 1.73. The molecule has 5 heteroatoms. The molecule has 5 atom stereocenters. The molecule has 5 aliphatic rings. The predicted molar refractivity (Wildman–Crippen MR) is 128 cm³/mol. The van der Waals surface area contributed by atoms with E-state index >= 15 is 0 Å². The second-order valence-electron chi connectivity index (χ2n) is 10.8. The van der Waals surface area contributed by atoms with Gasteiger partial charge in [0.2, 0.25) is 5.91 Å². The third-order valence-electron chi connectivity index (χ3n) is 8.74. The lowest BCUT2D eigenvalue weighted by Gasteiger charge is -2.61. The first kappa shape index (κ1) is 20.9. The van der Waals surface area contributed by atoms with Crippen LogP contribution in [-0.2, 0) is 14.9 Å². The largest absolute Gasteiger partial charge is 0.379 e. The number of carbonyl (C=O) groups is 1. The molecule has 0 radical (unpaired) electrons. The van der Waals surface area contributed by atoms with E-state index in [9.17, 15) is 4.79 Å². The summed E-state index contributed by atoms with van der Waals surface area (Å²) >= 11 is 1.80. The lowest BCUT2D eigenvalue weighted by molar-refractivity contribution is -0.149. The van der Waals surface area contributed by atoms with Crippen molar-refractivity contribution >= 4 is 17.2 Å². The third-order valence-corrected chi connectivity index (χ3v) is 9.72. The van der Waals surface area contributed by atoms with E-state index in [2.05, 4.69) is 58.1 Å². The fourth-order valence-electron chi connectivity index (χ4n) is 7.81. The van der Waals surface area contributed by atoms with Gasteiger partial charge in [-0.05, 0) is 72.8 Å². The number of benzene rings is 1. The maximum atomic E-state index is 13.9. The van der Waals surface area contributed by atoms with Gasteiger partial charge in [-0.2, -0.15) is 0 Å². The fourth-order valence-corrected chi connectivity index (χ4v) is 8.68. The van der Waals surface area contributed by atoms with E-state index in [0.717, 1.165) is 45.6 Å². The molecule has 1 aliphatic heterocycles. The van der Waals surface area contributed by atoms with Gasteiger partial charge in [-0.15, -0.1) is 11.3 Å². The van der Waals surface area contributed by atoms with Gasteiger partial charge >= 0.3 is 0 Å². The normalized spacial score (nSPS) is 35.0. The minimum atomic E-state index is -0.176. The van der Waals surface area contributed by atoms with Crippen LogP contribution in [-0.4, -0.2) is 43.7 Å². The highest BCUT2D eigenvalue weighted by Crippen LogP contribution is 2.65. The van der Waals surface area contributed by atoms with Crippen molar-refractivity contribution in [3.63, 3.8) is 0 Å². The average molecular weight is 451 g/mol. The molecule has 1 N–H and O–H groups in total. The van der Waals surface area contributed by atoms with E-state index in [-0.39, 0.29) is 16.9 Å². The molecule has 2 aromatic rings. The molecular formula is C27H34N2O2S. The Kier molecular flexibility index (Phi) is 5.39. The quantitative estimate of drug-likeness (QED) is 0.689. The van der Waals surface area contributed by atoms with E-state index in [4.69, 9.17) is 4.74 Å². The van der Waals surface area contributed by atoms with Gasteiger partial charge in [0.25, 0.3) is 0 Å². The van der Waals surface area contributed by atoms with Crippen molar-refractivity contribution in [2.24, 2.45) is 17.3 Å². The van der Waals surface area contributed by atoms with Crippen LogP contribution < -0.4 is 5.32 Å². The number of ether oxygens (including phenoxy) is 1. The lowest BCUT2D eigenvalue weighted by atomic mass is 9.42. The van der Waals surface area contributed by atoms with Crippen LogP contribution in [0, 0.1) is 17.3 Å². The number of nitrogens with one attached hydrogen (secondary N) is 1. The second-order valence-corrected chi connectivity index (χ2v) is 11.8. The molecule has 1 aromatic carbocycles. The highest BCUT2D eigenvalue weighted by atomic mass is 32.1. The van der Waals surface area contributed by atoms with Crippen LogP contribution >= 0.6 is 11.3 Å². The number of nitrogens with zero attached hydrogens (tertiary/aromatic N) is 1. The molecule has 1 aromatic heterocycles. The van der Waals surface area contributed by atoms with Crippen molar-refractivity contribution in [3.05, 3.63) is 58.3 Å². The molecule has 170 valence electrons. The Morgan fingerprint density at radius 2 is 1.81 bits per heavy atom. The molecule has 2 heterocycles. The standard InChI is InChI=1S/C27H34N2O2S/c30-25(28-18-23(24-7-4-12-32-24)29-8-10-31-11-9-29)27-16-20-13-21(17-27)15-26(14-20,19-27)22-5-2-1-3-6-22/h1-7,12,20-21,23H,8-11,13-19H2,(H,28,30)/t20-,21+,23-,26?,27?/m1/s1. The summed E-state index contributed by atoms with van der Waals surface area (Å²) in [6, 6.07) is 15.7. The van der Waals surface area contributed by atoms with E-state index in [1.807, 2.05) is 0 Å². The number of rotatable bonds is 6. The zero-order chi connectivity index (χ0) is 21.6. The highest BCUT2D eigenvalue weighted by molar-refractivity contribution is 7.10. The van der Waals surface area contributed by atoms with Gasteiger partial charge in [-0.1, -0.05) is 36.4 Å². The first-order chi connectivity index (χ1) is 15.7. The van der Waals surface area contributed by atoms with Crippen LogP contribution in [0.5, 0.6) is 0 Å². The van der Waals surface area contributed by atoms with Gasteiger partial charge in [0.05, 0.1) is 24.7 Å². The van der Waals surface area contributed by atoms with Gasteiger partial charge in [-0.25, -0.2) is 0 Å². The Morgan fingerprint density at radius 3 is 2.50 bits per heavy atom. The molecule has 1 amide bonds. The molecule has 4 bridgehead atoms. The summed E-state index contributed by atoms with van der Waals surface area (Å²) in [6.45, 7) is 4.13. The maximum absolute atomic E-state index is 13.9. The third kappa shape index (κ3) is 3.63. The van der Waals surface area contributed by atoms with E-state index in [1.54, 1.807) is 11.3 Å². The van der Waals surface area contributed by atoms with Gasteiger partial charge in [0.1, 0.15) is 0 Å². The van der Waals surface area contributed by atoms with Crippen molar-refractivity contribution < 1.29 is 9.53 Å². The SMILES string of the molecule is O=C(NC[C@H](c1cccs1)N1CCOCC1)C12C[C@H]3C[C@@H](C1)CC(c1ccccc1)(C3)C2. The molecule has 4 aliphatic carbocycles. The summed E-state index contributed by atoms with van der Waals surface area (Å²) in [4.78, 5) is 17.7. The van der Waals surface area contributed by atoms with Crippen LogP contribution in [0.1, 0.15) is 55.0 Å². The van der Waals surface area contributed by atoms with Crippen molar-refractivity contribution in [3.8, 4) is 0 Å². The molecule has 7 rings (SSSR count). The predicted octanol–water partition coefficient (Wildman–Crippen LogP) is 4.78. The topological polar surface area (TPSA) is 41.6 Å². The average Bonchev–Trinajstić information content (AvgIpc) is 3.34. The van der Waals surface area contributed by atoms with Crippen LogP contribution in [0.15, 0.2) is 47.8 Å². The lowest BCUT2D eigenvalue weighted by Crippen LogP contribution is -2.59. The van der Waals surface area contributed by atoms with Gasteiger partial charge in [0, 0.05) is 24.5 Å². The highest BCUT2D eigenvalue weighted by Gasteiger charge is 2.60. The monoisotopic (exact) mass is 450 g/mol. The molecule has 32 heavy (non-hydrogen) atoms. The number of hydrogen-bond donors (Lipinski definition) is 1. The first-order valence-electron chi connectivity index (χ1n) is 12.3. The van der Waals surface area contributed by atoms with E-state index in [1.165, 1.54) is 29.7 Å². The molecule has 0 spiro atoms. The van der Waals surface area contributed by atoms with Crippen LogP contribution in [0.3, 0.4) is 0 Å². The Hall–Kier alpha value is -1.69. The number of hydrogen-bond acceptors (Lipinski definition) is 4. The smallest absolute Gasteiger partial charge is 0.226 e. The molecule has 5 fully saturated rings. The molecule has 4 nitrogen and oxygen atoms in total. The summed E-state index contributed by atoms with van der Waals surface area (Å²) < 4.78 is 5.58. The van der Waals surface area contributed by atoms with Crippen molar-refractivity contribution in [2.75, 3.05) is 32.8 Å². The number of morpholine rings is 1. The van der Waals surface area contributed by atoms with Crippen LogP contribution in [0.25, 0.3) is 0 Å². The van der Waals surface area contributed by atoms with Crippen LogP contribution in [0.4, 0.5) is 0 Å². The van der Waals surface area contributed by atoms with E-state index < -0.39 is 0 Å². The summed E-state index contributed by atoms with van der Waals surface area (Å²) in [5.41, 5.74) is 1.50. The van der Waals surface area contributed by atoms with Crippen molar-refractivity contribution in [1.82, 2.24) is 10.2 Å². The van der Waals surface area contributed by atoms with E-state index in [0.29, 0.717) is 24.3 Å². The number of amides is 1. The Labute approximate surface area is 195 Å². The van der Waals surface area contributed by atoms with Gasteiger partial charge in [-0.3, -0.25) is 9.69 Å². The minimum absolute atomic E-state index is 0.176. The summed E-state index contributed by atoms with van der Waals surface area (Å²) in [5, 5.41) is 5.63. The zero-order valence-corrected chi connectivity index (χ0v) is 19.6. The Morgan fingerprint density at radius 1 is 1.06 bits per heavy atom. The van der Waals surface area contributed by atoms with Crippen LogP contribution in [0.2, 0.25) is 0 Å². The number of thiophene rings is 1. The molecule has 2 unspecified atom stereocenters. The Bertz CT molecular complexity index is 924. The first-order valence-corrected chi connectivity index (χ1v) is 13.2. The second kappa shape index (κ2) is 8.27. The zero-order valence-electron chi connectivity index (χ0n) is 18.8.